The molecule has 0 spiro atoms. The number of benzene rings is 1. The molecule has 19 heavy (non-hydrogen) atoms. The standard InChI is InChI=1S/C15H22N2P2/c1-5-6-11-19(4)15-14(18(2)3)16-12-9-7-8-10-13(12)17-15/h7-10H,5-6,11H2,1-4H3. The Kier molecular flexibility index (Phi) is 5.25. The second kappa shape index (κ2) is 6.73. The third-order valence-corrected chi connectivity index (χ3v) is 6.52. The van der Waals surface area contributed by atoms with Gasteiger partial charge in [0, 0.05) is 0 Å². The Balaban J connectivity index is 2.47. The minimum atomic E-state index is -0.194. The first-order chi connectivity index (χ1) is 9.13. The molecule has 4 heteroatoms. The van der Waals surface area contributed by atoms with Crippen molar-refractivity contribution in [1.82, 2.24) is 9.97 Å². The highest BCUT2D eigenvalue weighted by molar-refractivity contribution is 7.70. The van der Waals surface area contributed by atoms with E-state index in [1.54, 1.807) is 0 Å². The maximum atomic E-state index is 4.93. The topological polar surface area (TPSA) is 25.8 Å². The largest absolute Gasteiger partial charge is 0.244 e. The van der Waals surface area contributed by atoms with E-state index < -0.39 is 0 Å². The summed E-state index contributed by atoms with van der Waals surface area (Å²) in [6, 6.07) is 8.23. The average molecular weight is 292 g/mol. The molecule has 1 aromatic heterocycles. The van der Waals surface area contributed by atoms with Gasteiger partial charge in [-0.1, -0.05) is 41.3 Å². The molecule has 1 aromatic carbocycles. The molecule has 0 amide bonds. The van der Waals surface area contributed by atoms with Crippen LogP contribution < -0.4 is 10.9 Å². The lowest BCUT2D eigenvalue weighted by Crippen LogP contribution is -2.28. The van der Waals surface area contributed by atoms with Gasteiger partial charge in [-0.3, -0.25) is 0 Å². The Labute approximate surface area is 118 Å². The molecule has 1 heterocycles. The van der Waals surface area contributed by atoms with Crippen LogP contribution in [0, 0.1) is 0 Å². The summed E-state index contributed by atoms with van der Waals surface area (Å²) in [6.45, 7) is 9.16. The van der Waals surface area contributed by atoms with Gasteiger partial charge in [-0.15, -0.1) is 0 Å². The lowest BCUT2D eigenvalue weighted by atomic mass is 10.3. The van der Waals surface area contributed by atoms with E-state index in [0.29, 0.717) is 0 Å². The molecular formula is C15H22N2P2. The highest BCUT2D eigenvalue weighted by Gasteiger charge is 2.16. The molecule has 0 saturated heterocycles. The predicted octanol–water partition coefficient (Wildman–Crippen LogP) is 3.53. The minimum Gasteiger partial charge on any atom is -0.244 e. The molecule has 0 aliphatic rings. The van der Waals surface area contributed by atoms with E-state index in [1.165, 1.54) is 29.9 Å². The van der Waals surface area contributed by atoms with Crippen LogP contribution in [0.3, 0.4) is 0 Å². The molecule has 0 saturated carbocycles. The van der Waals surface area contributed by atoms with Crippen molar-refractivity contribution in [3.63, 3.8) is 0 Å². The quantitative estimate of drug-likeness (QED) is 0.788. The summed E-state index contributed by atoms with van der Waals surface area (Å²) in [7, 11) is -0.360. The number of para-hydroxylation sites is 2. The molecule has 1 unspecified atom stereocenters. The summed E-state index contributed by atoms with van der Waals surface area (Å²) in [5.41, 5.74) is 4.64. The first kappa shape index (κ1) is 14.8. The van der Waals surface area contributed by atoms with Gasteiger partial charge in [0.1, 0.15) is 0 Å². The van der Waals surface area contributed by atoms with Crippen LogP contribution in [0.5, 0.6) is 0 Å². The number of rotatable bonds is 5. The number of unbranched alkanes of at least 4 members (excludes halogenated alkanes) is 1. The average Bonchev–Trinajstić information content (AvgIpc) is 2.43. The lowest BCUT2D eigenvalue weighted by molar-refractivity contribution is 0.893. The zero-order valence-corrected chi connectivity index (χ0v) is 14.0. The van der Waals surface area contributed by atoms with E-state index in [4.69, 9.17) is 9.97 Å². The van der Waals surface area contributed by atoms with Crippen molar-refractivity contribution >= 4 is 37.7 Å². The summed E-state index contributed by atoms with van der Waals surface area (Å²) in [5.74, 6) is 0. The van der Waals surface area contributed by atoms with E-state index in [2.05, 4.69) is 39.1 Å². The second-order valence-electron chi connectivity index (χ2n) is 5.03. The number of hydrogen-bond acceptors (Lipinski definition) is 2. The first-order valence-corrected chi connectivity index (χ1v) is 11.0. The van der Waals surface area contributed by atoms with Crippen molar-refractivity contribution in [1.29, 1.82) is 0 Å². The van der Waals surface area contributed by atoms with Gasteiger partial charge in [-0.2, -0.15) is 0 Å². The van der Waals surface area contributed by atoms with E-state index in [1.807, 2.05) is 12.1 Å². The monoisotopic (exact) mass is 292 g/mol. The van der Waals surface area contributed by atoms with Crippen LogP contribution >= 0.6 is 15.8 Å². The Bertz CT molecular complexity index is 555. The summed E-state index contributed by atoms with van der Waals surface area (Å²) in [6.07, 6.45) is 3.83. The Morgan fingerprint density at radius 2 is 1.53 bits per heavy atom. The molecule has 0 aliphatic heterocycles. The Morgan fingerprint density at radius 1 is 0.947 bits per heavy atom. The van der Waals surface area contributed by atoms with Gasteiger partial charge in [0.2, 0.25) is 0 Å². The fourth-order valence-electron chi connectivity index (χ4n) is 2.04. The molecule has 0 bridgehead atoms. The normalized spacial score (nSPS) is 13.1. The van der Waals surface area contributed by atoms with Crippen molar-refractivity contribution < 1.29 is 0 Å². The van der Waals surface area contributed by atoms with E-state index in [-0.39, 0.29) is 15.8 Å². The Hall–Kier alpha value is -0.580. The zero-order valence-electron chi connectivity index (χ0n) is 12.2. The molecule has 1 atom stereocenters. The number of fused-ring (bicyclic) bond motifs is 1. The maximum absolute atomic E-state index is 4.93. The fraction of sp³-hybridized carbons (Fsp3) is 0.467. The molecular weight excluding hydrogens is 270 g/mol. The highest BCUT2D eigenvalue weighted by atomic mass is 31.1. The van der Waals surface area contributed by atoms with Crippen molar-refractivity contribution in [3.8, 4) is 0 Å². The minimum absolute atomic E-state index is 0.165. The molecule has 0 N–H and O–H groups in total. The summed E-state index contributed by atoms with van der Waals surface area (Å²) in [4.78, 5) is 9.82. The number of hydrogen-bond donors (Lipinski definition) is 0. The molecule has 102 valence electrons. The van der Waals surface area contributed by atoms with Crippen molar-refractivity contribution in [2.24, 2.45) is 0 Å². The van der Waals surface area contributed by atoms with Gasteiger partial charge < -0.3 is 0 Å². The molecule has 2 rings (SSSR count). The maximum Gasteiger partial charge on any atom is 0.0895 e. The van der Waals surface area contributed by atoms with Gasteiger partial charge in [-0.25, -0.2) is 9.97 Å². The zero-order chi connectivity index (χ0) is 13.8. The molecule has 0 aliphatic carbocycles. The summed E-state index contributed by atoms with van der Waals surface area (Å²) < 4.78 is 0. The van der Waals surface area contributed by atoms with Crippen LogP contribution in [-0.2, 0) is 0 Å². The summed E-state index contributed by atoms with van der Waals surface area (Å²) >= 11 is 0. The fourth-order valence-corrected chi connectivity index (χ4v) is 5.58. The van der Waals surface area contributed by atoms with E-state index in [9.17, 15) is 0 Å². The van der Waals surface area contributed by atoms with Crippen LogP contribution in [0.15, 0.2) is 24.3 Å². The third kappa shape index (κ3) is 3.50. The van der Waals surface area contributed by atoms with Crippen LogP contribution in [0.25, 0.3) is 11.0 Å². The van der Waals surface area contributed by atoms with Gasteiger partial charge in [0.05, 0.1) is 21.9 Å². The summed E-state index contributed by atoms with van der Waals surface area (Å²) in [5, 5.41) is 0. The smallest absolute Gasteiger partial charge is 0.0895 e. The van der Waals surface area contributed by atoms with Crippen molar-refractivity contribution in [3.05, 3.63) is 24.3 Å². The highest BCUT2D eigenvalue weighted by Crippen LogP contribution is 2.33. The van der Waals surface area contributed by atoms with Crippen LogP contribution in [-0.4, -0.2) is 36.1 Å². The van der Waals surface area contributed by atoms with Gasteiger partial charge in [0.15, 0.2) is 0 Å². The number of nitrogens with zero attached hydrogens (tertiary/aromatic N) is 2. The van der Waals surface area contributed by atoms with E-state index in [0.717, 1.165) is 11.0 Å². The van der Waals surface area contributed by atoms with Crippen LogP contribution in [0.1, 0.15) is 19.8 Å². The van der Waals surface area contributed by atoms with Crippen molar-refractivity contribution in [2.45, 2.75) is 19.8 Å². The first-order valence-electron chi connectivity index (χ1n) is 6.78. The van der Waals surface area contributed by atoms with Crippen LogP contribution in [0.2, 0.25) is 0 Å². The molecule has 2 nitrogen and oxygen atoms in total. The van der Waals surface area contributed by atoms with Gasteiger partial charge >= 0.3 is 0 Å². The molecule has 0 fully saturated rings. The van der Waals surface area contributed by atoms with Gasteiger partial charge in [0.25, 0.3) is 0 Å². The molecule has 0 radical (unpaired) electrons. The van der Waals surface area contributed by atoms with Crippen molar-refractivity contribution in [2.75, 3.05) is 26.2 Å². The second-order valence-corrected chi connectivity index (χ2v) is 9.51. The van der Waals surface area contributed by atoms with Crippen LogP contribution in [0.4, 0.5) is 0 Å². The van der Waals surface area contributed by atoms with E-state index >= 15 is 0 Å². The lowest BCUT2D eigenvalue weighted by Gasteiger charge is -2.18. The number of aromatic nitrogens is 2. The molecule has 2 aromatic rings. The van der Waals surface area contributed by atoms with Gasteiger partial charge in [-0.05, 0) is 44.7 Å². The Morgan fingerprint density at radius 3 is 2.05 bits per heavy atom. The predicted molar refractivity (Wildman–Crippen MR) is 90.2 cm³/mol. The SMILES string of the molecule is CCCCP(C)c1nc2ccccc2nc1P(C)C. The third-order valence-electron chi connectivity index (χ3n) is 3.17.